The molecule has 0 spiro atoms. The summed E-state index contributed by atoms with van der Waals surface area (Å²) in [4.78, 5) is 9.73. The molecule has 140 valence electrons. The Morgan fingerprint density at radius 1 is 0.679 bits per heavy atom. The number of nitrogens with two attached hydrogens (primary N) is 1. The zero-order chi connectivity index (χ0) is 19.7. The molecule has 3 N–H and O–H groups in total. The van der Waals surface area contributed by atoms with Gasteiger partial charge in [0.25, 0.3) is 5.82 Å². The predicted molar refractivity (Wildman–Crippen MR) is 116 cm³/mol. The van der Waals surface area contributed by atoms with E-state index in [2.05, 4.69) is 74.7 Å². The number of anilines is 2. The van der Waals surface area contributed by atoms with E-state index in [1.54, 1.807) is 0 Å². The number of rotatable bonds is 4. The summed E-state index contributed by atoms with van der Waals surface area (Å²) in [7, 11) is 0. The number of benzene rings is 3. The first-order valence-corrected chi connectivity index (χ1v) is 9.53. The van der Waals surface area contributed by atoms with E-state index in [9.17, 15) is 0 Å². The van der Waals surface area contributed by atoms with Gasteiger partial charge in [-0.1, -0.05) is 24.3 Å². The highest BCUT2D eigenvalue weighted by Gasteiger charge is 2.15. The lowest BCUT2D eigenvalue weighted by atomic mass is 10.1. The van der Waals surface area contributed by atoms with Gasteiger partial charge in [-0.3, -0.25) is 5.32 Å². The molecule has 0 bridgehead atoms. The normalized spacial score (nSPS) is 11.0. The molecule has 0 aliphatic rings. The van der Waals surface area contributed by atoms with Crippen LogP contribution in [0.1, 0.15) is 22.3 Å². The fourth-order valence-corrected chi connectivity index (χ4v) is 3.17. The smallest absolute Gasteiger partial charge is 0.273 e. The van der Waals surface area contributed by atoms with E-state index in [0.717, 1.165) is 34.0 Å². The summed E-state index contributed by atoms with van der Waals surface area (Å²) in [5.41, 5.74) is 8.99. The van der Waals surface area contributed by atoms with E-state index < -0.39 is 0 Å². The lowest BCUT2D eigenvalue weighted by Crippen LogP contribution is -2.72. The zero-order valence-corrected chi connectivity index (χ0v) is 16.7. The van der Waals surface area contributed by atoms with E-state index in [4.69, 9.17) is 9.97 Å². The van der Waals surface area contributed by atoms with Crippen molar-refractivity contribution >= 4 is 34.0 Å². The Kier molecular flexibility index (Phi) is 4.80. The van der Waals surface area contributed by atoms with Gasteiger partial charge >= 0.3 is 0 Å². The highest BCUT2D eigenvalue weighted by Crippen LogP contribution is 2.24. The molecule has 4 nitrogen and oxygen atoms in total. The van der Waals surface area contributed by atoms with E-state index in [0.29, 0.717) is 0 Å². The Hall–Kier alpha value is -3.24. The van der Waals surface area contributed by atoms with Crippen LogP contribution in [0.15, 0.2) is 60.7 Å². The van der Waals surface area contributed by atoms with Crippen LogP contribution in [0.3, 0.4) is 0 Å². The Labute approximate surface area is 165 Å². The SMILES string of the molecule is Cc1ccc(Nc2nc3ccccc3nc2[NH2+]c2ccc(C)c(C)c2)cc1C. The zero-order valence-electron chi connectivity index (χ0n) is 16.7. The van der Waals surface area contributed by atoms with Crippen molar-refractivity contribution < 1.29 is 5.32 Å². The molecule has 0 atom stereocenters. The molecule has 3 aromatic carbocycles. The maximum atomic E-state index is 4.88. The maximum absolute atomic E-state index is 4.88. The van der Waals surface area contributed by atoms with Crippen LogP contribution < -0.4 is 10.6 Å². The number of aromatic nitrogens is 2. The molecule has 4 rings (SSSR count). The van der Waals surface area contributed by atoms with Crippen LogP contribution in [-0.2, 0) is 0 Å². The number of fused-ring (bicyclic) bond motifs is 1. The summed E-state index contributed by atoms with van der Waals surface area (Å²) in [5, 5.41) is 5.57. The van der Waals surface area contributed by atoms with Crippen molar-refractivity contribution in [2.45, 2.75) is 27.7 Å². The van der Waals surface area contributed by atoms with Gasteiger partial charge in [0.05, 0.1) is 11.0 Å². The summed E-state index contributed by atoms with van der Waals surface area (Å²) in [5.74, 6) is 1.60. The van der Waals surface area contributed by atoms with Crippen molar-refractivity contribution in [2.24, 2.45) is 0 Å². The van der Waals surface area contributed by atoms with Gasteiger partial charge in [-0.2, -0.15) is 4.98 Å². The number of aryl methyl sites for hydroxylation is 4. The molecule has 4 heteroatoms. The molecule has 0 radical (unpaired) electrons. The van der Waals surface area contributed by atoms with Crippen molar-refractivity contribution in [3.8, 4) is 0 Å². The van der Waals surface area contributed by atoms with Crippen LogP contribution in [0.2, 0.25) is 0 Å². The van der Waals surface area contributed by atoms with Crippen LogP contribution in [0.4, 0.5) is 23.0 Å². The molecular weight excluding hydrogens is 344 g/mol. The van der Waals surface area contributed by atoms with Crippen molar-refractivity contribution in [2.75, 3.05) is 5.32 Å². The minimum absolute atomic E-state index is 0.764. The second-order valence-corrected chi connectivity index (χ2v) is 7.36. The van der Waals surface area contributed by atoms with Crippen LogP contribution in [0.5, 0.6) is 0 Å². The first-order chi connectivity index (χ1) is 13.5. The van der Waals surface area contributed by atoms with E-state index in [-0.39, 0.29) is 0 Å². The third-order valence-corrected chi connectivity index (χ3v) is 5.20. The fourth-order valence-electron chi connectivity index (χ4n) is 3.17. The van der Waals surface area contributed by atoms with Crippen LogP contribution in [0, 0.1) is 27.7 Å². The van der Waals surface area contributed by atoms with E-state index in [1.165, 1.54) is 22.3 Å². The van der Waals surface area contributed by atoms with Gasteiger partial charge in [0.15, 0.2) is 0 Å². The van der Waals surface area contributed by atoms with Crippen LogP contribution >= 0.6 is 0 Å². The molecule has 28 heavy (non-hydrogen) atoms. The number of quaternary nitrogens is 1. The molecule has 0 unspecified atom stereocenters. The van der Waals surface area contributed by atoms with Crippen LogP contribution in [-0.4, -0.2) is 9.97 Å². The summed E-state index contributed by atoms with van der Waals surface area (Å²) in [6.07, 6.45) is 0. The van der Waals surface area contributed by atoms with Crippen LogP contribution in [0.25, 0.3) is 11.0 Å². The first-order valence-electron chi connectivity index (χ1n) is 9.53. The molecule has 0 aliphatic carbocycles. The Balaban J connectivity index is 1.77. The lowest BCUT2D eigenvalue weighted by molar-refractivity contribution is -0.482. The van der Waals surface area contributed by atoms with Crippen molar-refractivity contribution in [3.63, 3.8) is 0 Å². The van der Waals surface area contributed by atoms with Gasteiger partial charge in [0.2, 0.25) is 5.82 Å². The summed E-state index contributed by atoms with van der Waals surface area (Å²) < 4.78 is 0. The number of nitrogens with one attached hydrogen (secondary N) is 1. The maximum Gasteiger partial charge on any atom is 0.273 e. The molecule has 0 saturated heterocycles. The Morgan fingerprint density at radius 2 is 1.32 bits per heavy atom. The highest BCUT2D eigenvalue weighted by atomic mass is 15.1. The van der Waals surface area contributed by atoms with E-state index in [1.807, 2.05) is 24.3 Å². The third kappa shape index (κ3) is 3.73. The Morgan fingerprint density at radius 3 is 2.00 bits per heavy atom. The first kappa shape index (κ1) is 18.1. The van der Waals surface area contributed by atoms with E-state index >= 15 is 0 Å². The minimum Gasteiger partial charge on any atom is -0.334 e. The summed E-state index contributed by atoms with van der Waals surface area (Å²) in [6, 6.07) is 20.8. The monoisotopic (exact) mass is 369 g/mol. The van der Waals surface area contributed by atoms with Gasteiger partial charge in [0, 0.05) is 11.8 Å². The molecule has 1 heterocycles. The van der Waals surface area contributed by atoms with Crippen molar-refractivity contribution in [1.82, 2.24) is 9.97 Å². The Bertz CT molecular complexity index is 1070. The highest BCUT2D eigenvalue weighted by molar-refractivity contribution is 5.79. The summed E-state index contributed by atoms with van der Waals surface area (Å²) in [6.45, 7) is 8.50. The third-order valence-electron chi connectivity index (χ3n) is 5.20. The topological polar surface area (TPSA) is 54.4 Å². The average Bonchev–Trinajstić information content (AvgIpc) is 2.68. The molecule has 0 fully saturated rings. The fraction of sp³-hybridized carbons (Fsp3) is 0.167. The lowest BCUT2D eigenvalue weighted by Gasteiger charge is -2.12. The molecule has 0 saturated carbocycles. The number of hydrogen-bond donors (Lipinski definition) is 2. The van der Waals surface area contributed by atoms with Gasteiger partial charge < -0.3 is 5.32 Å². The molecular formula is C24H25N4+. The quantitative estimate of drug-likeness (QED) is 0.490. The van der Waals surface area contributed by atoms with Gasteiger partial charge in [0.1, 0.15) is 5.69 Å². The molecule has 4 aromatic rings. The van der Waals surface area contributed by atoms with Crippen molar-refractivity contribution in [1.29, 1.82) is 0 Å². The van der Waals surface area contributed by atoms with Crippen molar-refractivity contribution in [3.05, 3.63) is 82.9 Å². The molecule has 0 amide bonds. The number of hydrogen-bond acceptors (Lipinski definition) is 3. The number of nitrogens with zero attached hydrogens (tertiary/aromatic N) is 2. The predicted octanol–water partition coefficient (Wildman–Crippen LogP) is 5.13. The van der Waals surface area contributed by atoms with Gasteiger partial charge in [-0.05, 0) is 80.3 Å². The molecule has 0 aliphatic heterocycles. The summed E-state index contributed by atoms with van der Waals surface area (Å²) >= 11 is 0. The standard InChI is InChI=1S/C24H24N4/c1-15-9-11-19(13-17(15)3)25-23-24(26-20-12-10-16(2)18(4)14-20)28-22-8-6-5-7-21(22)27-23/h5-14H,1-4H3,(H,25,27)(H,26,28)/p+1. The number of para-hydroxylation sites is 2. The largest absolute Gasteiger partial charge is 0.334 e. The minimum atomic E-state index is 0.764. The second kappa shape index (κ2) is 7.41. The van der Waals surface area contributed by atoms with Gasteiger partial charge in [-0.25, -0.2) is 4.98 Å². The average molecular weight is 369 g/mol. The molecule has 1 aromatic heterocycles. The second-order valence-electron chi connectivity index (χ2n) is 7.36. The van der Waals surface area contributed by atoms with Gasteiger partial charge in [-0.15, -0.1) is 0 Å².